The van der Waals surface area contributed by atoms with Gasteiger partial charge >= 0.3 is 6.03 Å². The van der Waals surface area contributed by atoms with E-state index in [1.807, 2.05) is 13.1 Å². The molecule has 1 aliphatic rings. The zero-order chi connectivity index (χ0) is 15.1. The average Bonchev–Trinajstić information content (AvgIpc) is 2.89. The highest BCUT2D eigenvalue weighted by molar-refractivity contribution is 7.11. The Morgan fingerprint density at radius 2 is 2.24 bits per heavy atom. The zero-order valence-electron chi connectivity index (χ0n) is 12.9. The summed E-state index contributed by atoms with van der Waals surface area (Å²) >= 11 is 1.60. The van der Waals surface area contributed by atoms with E-state index in [4.69, 9.17) is 4.74 Å². The zero-order valence-corrected chi connectivity index (χ0v) is 13.7. The maximum atomic E-state index is 11.6. The molecule has 1 heterocycles. The number of hydrogen-bond donors (Lipinski definition) is 2. The van der Waals surface area contributed by atoms with Crippen molar-refractivity contribution in [1.82, 2.24) is 15.6 Å². The predicted octanol–water partition coefficient (Wildman–Crippen LogP) is 2.85. The molecule has 2 rings (SSSR count). The van der Waals surface area contributed by atoms with Gasteiger partial charge in [0.1, 0.15) is 5.01 Å². The second kappa shape index (κ2) is 8.34. The third kappa shape index (κ3) is 5.63. The van der Waals surface area contributed by atoms with Gasteiger partial charge in [-0.1, -0.05) is 19.8 Å². The van der Waals surface area contributed by atoms with Gasteiger partial charge in [-0.3, -0.25) is 0 Å². The second-order valence-corrected chi connectivity index (χ2v) is 6.96. The van der Waals surface area contributed by atoms with Crippen LogP contribution in [0.1, 0.15) is 42.5 Å². The van der Waals surface area contributed by atoms with Crippen LogP contribution in [-0.2, 0) is 11.3 Å². The smallest absolute Gasteiger partial charge is 0.315 e. The minimum absolute atomic E-state index is 0.164. The first-order valence-corrected chi connectivity index (χ1v) is 8.51. The van der Waals surface area contributed by atoms with Crippen LogP contribution in [0.3, 0.4) is 0 Å². The Balaban J connectivity index is 1.54. The fourth-order valence-corrected chi connectivity index (χ4v) is 3.33. The molecule has 0 saturated heterocycles. The van der Waals surface area contributed by atoms with E-state index in [0.29, 0.717) is 31.7 Å². The molecule has 118 valence electrons. The van der Waals surface area contributed by atoms with Crippen LogP contribution in [-0.4, -0.2) is 30.3 Å². The van der Waals surface area contributed by atoms with Crippen LogP contribution in [0, 0.1) is 12.8 Å². The number of nitrogens with one attached hydrogen (secondary N) is 2. The van der Waals surface area contributed by atoms with Crippen molar-refractivity contribution in [1.29, 1.82) is 0 Å². The number of nitrogens with zero attached hydrogens (tertiary/aromatic N) is 1. The van der Waals surface area contributed by atoms with Gasteiger partial charge in [0.2, 0.25) is 0 Å². The Morgan fingerprint density at radius 3 is 2.95 bits per heavy atom. The summed E-state index contributed by atoms with van der Waals surface area (Å²) in [5.41, 5.74) is 0. The van der Waals surface area contributed by atoms with E-state index in [-0.39, 0.29) is 6.03 Å². The molecule has 0 spiro atoms. The van der Waals surface area contributed by atoms with E-state index in [2.05, 4.69) is 22.5 Å². The molecule has 0 aromatic carbocycles. The number of rotatable bonds is 6. The molecular weight excluding hydrogens is 286 g/mol. The first kappa shape index (κ1) is 16.2. The molecule has 1 aliphatic carbocycles. The molecular formula is C15H25N3O2S. The summed E-state index contributed by atoms with van der Waals surface area (Å²) in [5, 5.41) is 6.54. The molecule has 1 aromatic rings. The first-order valence-electron chi connectivity index (χ1n) is 7.70. The van der Waals surface area contributed by atoms with E-state index < -0.39 is 0 Å². The van der Waals surface area contributed by atoms with Crippen molar-refractivity contribution in [2.45, 2.75) is 52.2 Å². The van der Waals surface area contributed by atoms with Crippen molar-refractivity contribution in [3.05, 3.63) is 16.1 Å². The van der Waals surface area contributed by atoms with Crippen LogP contribution in [0.4, 0.5) is 4.79 Å². The van der Waals surface area contributed by atoms with Crippen LogP contribution in [0.5, 0.6) is 0 Å². The van der Waals surface area contributed by atoms with Gasteiger partial charge in [0.05, 0.1) is 19.3 Å². The number of aromatic nitrogens is 1. The summed E-state index contributed by atoms with van der Waals surface area (Å²) in [5.74, 6) is 0.640. The second-order valence-electron chi connectivity index (χ2n) is 5.65. The lowest BCUT2D eigenvalue weighted by Crippen LogP contribution is -2.38. The Labute approximate surface area is 130 Å². The molecule has 1 aromatic heterocycles. The summed E-state index contributed by atoms with van der Waals surface area (Å²) < 4.78 is 5.86. The molecule has 2 atom stereocenters. The number of carbonyl (C=O) groups is 1. The van der Waals surface area contributed by atoms with Gasteiger partial charge in [0, 0.05) is 17.6 Å². The number of amides is 2. The van der Waals surface area contributed by atoms with E-state index >= 15 is 0 Å². The normalized spacial score (nSPS) is 22.0. The average molecular weight is 311 g/mol. The molecule has 2 N–H and O–H groups in total. The minimum atomic E-state index is -0.164. The van der Waals surface area contributed by atoms with Gasteiger partial charge in [-0.2, -0.15) is 0 Å². The molecule has 6 heteroatoms. The Bertz CT molecular complexity index is 450. The van der Waals surface area contributed by atoms with Gasteiger partial charge in [0.15, 0.2) is 0 Å². The number of aryl methyl sites for hydroxylation is 1. The SMILES string of the molecule is Cc1cnc(CNC(=O)NCCO[C@@H]2CCCC[C@@H]2C)s1. The summed E-state index contributed by atoms with van der Waals surface area (Å²) in [4.78, 5) is 17.0. The summed E-state index contributed by atoms with van der Waals surface area (Å²) in [7, 11) is 0. The van der Waals surface area contributed by atoms with Crippen molar-refractivity contribution in [3.8, 4) is 0 Å². The lowest BCUT2D eigenvalue weighted by Gasteiger charge is -2.28. The fourth-order valence-electron chi connectivity index (χ4n) is 2.61. The lowest BCUT2D eigenvalue weighted by atomic mass is 9.88. The maximum absolute atomic E-state index is 11.6. The summed E-state index contributed by atoms with van der Waals surface area (Å²) in [6.45, 7) is 5.86. The highest BCUT2D eigenvalue weighted by Gasteiger charge is 2.21. The van der Waals surface area contributed by atoms with Crippen LogP contribution in [0.25, 0.3) is 0 Å². The van der Waals surface area contributed by atoms with Gasteiger partial charge < -0.3 is 15.4 Å². The number of hydrogen-bond acceptors (Lipinski definition) is 4. The van der Waals surface area contributed by atoms with E-state index in [1.54, 1.807) is 11.3 Å². The van der Waals surface area contributed by atoms with Gasteiger partial charge in [-0.15, -0.1) is 11.3 Å². The molecule has 0 aliphatic heterocycles. The van der Waals surface area contributed by atoms with Gasteiger partial charge in [0.25, 0.3) is 0 Å². The summed E-state index contributed by atoms with van der Waals surface area (Å²) in [6.07, 6.45) is 7.16. The van der Waals surface area contributed by atoms with Gasteiger partial charge in [-0.05, 0) is 25.7 Å². The first-order chi connectivity index (χ1) is 10.1. The highest BCUT2D eigenvalue weighted by atomic mass is 32.1. The van der Waals surface area contributed by atoms with E-state index in [9.17, 15) is 4.79 Å². The molecule has 0 radical (unpaired) electrons. The highest BCUT2D eigenvalue weighted by Crippen LogP contribution is 2.25. The molecule has 1 fully saturated rings. The van der Waals surface area contributed by atoms with Crippen LogP contribution < -0.4 is 10.6 Å². The van der Waals surface area contributed by atoms with Crippen molar-refractivity contribution >= 4 is 17.4 Å². The molecule has 0 unspecified atom stereocenters. The van der Waals surface area contributed by atoms with Crippen molar-refractivity contribution in [2.24, 2.45) is 5.92 Å². The van der Waals surface area contributed by atoms with E-state index in [0.717, 1.165) is 16.3 Å². The Kier molecular flexibility index (Phi) is 6.45. The maximum Gasteiger partial charge on any atom is 0.315 e. The lowest BCUT2D eigenvalue weighted by molar-refractivity contribution is -0.00243. The fraction of sp³-hybridized carbons (Fsp3) is 0.733. The molecule has 1 saturated carbocycles. The quantitative estimate of drug-likeness (QED) is 0.794. The number of ether oxygens (including phenoxy) is 1. The largest absolute Gasteiger partial charge is 0.376 e. The number of carbonyl (C=O) groups excluding carboxylic acids is 1. The minimum Gasteiger partial charge on any atom is -0.376 e. The summed E-state index contributed by atoms with van der Waals surface area (Å²) in [6, 6.07) is -0.164. The van der Waals surface area contributed by atoms with E-state index in [1.165, 1.54) is 19.3 Å². The predicted molar refractivity (Wildman–Crippen MR) is 84.5 cm³/mol. The van der Waals surface area contributed by atoms with Crippen LogP contribution in [0.15, 0.2) is 6.20 Å². The molecule has 5 nitrogen and oxygen atoms in total. The molecule has 21 heavy (non-hydrogen) atoms. The molecule has 2 amide bonds. The molecule has 0 bridgehead atoms. The third-order valence-corrected chi connectivity index (χ3v) is 4.73. The monoisotopic (exact) mass is 311 g/mol. The number of urea groups is 1. The number of thiazole rings is 1. The van der Waals surface area contributed by atoms with Crippen molar-refractivity contribution < 1.29 is 9.53 Å². The standard InChI is InChI=1S/C15H25N3O2S/c1-11-5-3-4-6-13(11)20-8-7-16-15(19)18-10-14-17-9-12(2)21-14/h9,11,13H,3-8,10H2,1-2H3,(H2,16,18,19)/t11-,13+/m0/s1. The van der Waals surface area contributed by atoms with Gasteiger partial charge in [-0.25, -0.2) is 9.78 Å². The van der Waals surface area contributed by atoms with Crippen LogP contribution in [0.2, 0.25) is 0 Å². The third-order valence-electron chi connectivity index (χ3n) is 3.82. The van der Waals surface area contributed by atoms with Crippen molar-refractivity contribution in [2.75, 3.05) is 13.2 Å². The topological polar surface area (TPSA) is 63.2 Å². The van der Waals surface area contributed by atoms with Crippen LogP contribution >= 0.6 is 11.3 Å². The Hall–Kier alpha value is -1.14. The van der Waals surface area contributed by atoms with Crippen molar-refractivity contribution in [3.63, 3.8) is 0 Å². The Morgan fingerprint density at radius 1 is 1.43 bits per heavy atom.